The Morgan fingerprint density at radius 3 is 2.67 bits per heavy atom. The summed E-state index contributed by atoms with van der Waals surface area (Å²) >= 11 is 5.93. The quantitative estimate of drug-likeness (QED) is 0.753. The van der Waals surface area contributed by atoms with Crippen molar-refractivity contribution in [2.24, 2.45) is 0 Å². The Labute approximate surface area is 91.5 Å². The maximum atomic E-state index is 13.5. The second-order valence-electron chi connectivity index (χ2n) is 3.09. The molecule has 0 atom stereocenters. The number of nitrogens with two attached hydrogens (primary N) is 1. The fraction of sp³-hybridized carbons (Fsp3) is 0. The molecule has 0 aliphatic rings. The maximum Gasteiger partial charge on any atom is 0.133 e. The van der Waals surface area contributed by atoms with Crippen LogP contribution >= 0.6 is 11.6 Å². The minimum atomic E-state index is -0.398. The Balaban J connectivity index is 2.60. The Morgan fingerprint density at radius 2 is 2.00 bits per heavy atom. The highest BCUT2D eigenvalue weighted by atomic mass is 35.5. The molecule has 1 heterocycles. The zero-order chi connectivity index (χ0) is 10.8. The van der Waals surface area contributed by atoms with Crippen LogP contribution in [0.15, 0.2) is 36.7 Å². The molecule has 0 bridgehead atoms. The molecule has 0 radical (unpaired) electrons. The van der Waals surface area contributed by atoms with Gasteiger partial charge in [-0.3, -0.25) is 4.98 Å². The summed E-state index contributed by atoms with van der Waals surface area (Å²) < 4.78 is 13.5. The second kappa shape index (κ2) is 3.87. The Morgan fingerprint density at radius 1 is 1.20 bits per heavy atom. The molecule has 76 valence electrons. The van der Waals surface area contributed by atoms with Crippen LogP contribution < -0.4 is 5.73 Å². The number of benzene rings is 1. The van der Waals surface area contributed by atoms with Crippen LogP contribution in [0, 0.1) is 5.82 Å². The molecule has 15 heavy (non-hydrogen) atoms. The van der Waals surface area contributed by atoms with Crippen LogP contribution in [0.4, 0.5) is 10.1 Å². The fourth-order valence-corrected chi connectivity index (χ4v) is 1.53. The number of pyridine rings is 1. The van der Waals surface area contributed by atoms with Gasteiger partial charge in [-0.2, -0.15) is 0 Å². The summed E-state index contributed by atoms with van der Waals surface area (Å²) in [5.74, 6) is -0.398. The third kappa shape index (κ3) is 1.92. The normalized spacial score (nSPS) is 10.3. The van der Waals surface area contributed by atoms with Crippen molar-refractivity contribution >= 4 is 17.3 Å². The van der Waals surface area contributed by atoms with E-state index in [0.717, 1.165) is 0 Å². The number of aromatic nitrogens is 1. The van der Waals surface area contributed by atoms with E-state index in [9.17, 15) is 4.39 Å². The van der Waals surface area contributed by atoms with Crippen LogP contribution in [0.1, 0.15) is 0 Å². The second-order valence-corrected chi connectivity index (χ2v) is 3.50. The summed E-state index contributed by atoms with van der Waals surface area (Å²) in [5.41, 5.74) is 6.81. The summed E-state index contributed by atoms with van der Waals surface area (Å²) in [4.78, 5) is 3.90. The van der Waals surface area contributed by atoms with Gasteiger partial charge in [-0.25, -0.2) is 4.39 Å². The molecule has 0 unspecified atom stereocenters. The lowest BCUT2D eigenvalue weighted by Gasteiger charge is -2.05. The Kier molecular flexibility index (Phi) is 2.56. The van der Waals surface area contributed by atoms with E-state index >= 15 is 0 Å². The number of rotatable bonds is 1. The van der Waals surface area contributed by atoms with E-state index in [1.54, 1.807) is 24.4 Å². The van der Waals surface area contributed by atoms with Gasteiger partial charge >= 0.3 is 0 Å². The molecule has 0 fully saturated rings. The number of hydrogen-bond donors (Lipinski definition) is 1. The van der Waals surface area contributed by atoms with Gasteiger partial charge in [-0.15, -0.1) is 0 Å². The highest BCUT2D eigenvalue weighted by Crippen LogP contribution is 2.29. The number of anilines is 1. The topological polar surface area (TPSA) is 38.9 Å². The molecule has 0 spiro atoms. The molecule has 0 saturated heterocycles. The van der Waals surface area contributed by atoms with Crippen molar-refractivity contribution in [2.45, 2.75) is 0 Å². The number of halogens is 2. The first kappa shape index (κ1) is 9.93. The minimum absolute atomic E-state index is 0.385. The third-order valence-electron chi connectivity index (χ3n) is 2.05. The largest absolute Gasteiger partial charge is 0.399 e. The lowest BCUT2D eigenvalue weighted by Crippen LogP contribution is -1.90. The molecule has 2 rings (SSSR count). The molecule has 2 N–H and O–H groups in total. The zero-order valence-electron chi connectivity index (χ0n) is 7.74. The van der Waals surface area contributed by atoms with E-state index in [-0.39, 0.29) is 0 Å². The Bertz CT molecular complexity index is 500. The van der Waals surface area contributed by atoms with Crippen LogP contribution in [-0.2, 0) is 0 Å². The van der Waals surface area contributed by atoms with Crippen molar-refractivity contribution in [3.05, 3.63) is 47.5 Å². The number of nitrogen functional groups attached to an aromatic ring is 1. The molecule has 4 heteroatoms. The molecule has 0 saturated carbocycles. The molecular weight excluding hydrogens is 215 g/mol. The maximum absolute atomic E-state index is 13.5. The Hall–Kier alpha value is -1.61. The van der Waals surface area contributed by atoms with E-state index in [0.29, 0.717) is 21.8 Å². The smallest absolute Gasteiger partial charge is 0.133 e. The van der Waals surface area contributed by atoms with Crippen LogP contribution in [0.5, 0.6) is 0 Å². The molecule has 2 nitrogen and oxygen atoms in total. The van der Waals surface area contributed by atoms with Crippen molar-refractivity contribution in [2.75, 3.05) is 5.73 Å². The standard InChI is InChI=1S/C11H8ClFN2/c12-10-3-4-15-6-9(10)8-2-1-7(14)5-11(8)13/h1-6H,14H2. The third-order valence-corrected chi connectivity index (χ3v) is 2.38. The van der Waals surface area contributed by atoms with E-state index in [1.807, 2.05) is 0 Å². The first-order valence-corrected chi connectivity index (χ1v) is 4.71. The van der Waals surface area contributed by atoms with Crippen molar-refractivity contribution in [1.29, 1.82) is 0 Å². The van der Waals surface area contributed by atoms with Gasteiger partial charge in [0.2, 0.25) is 0 Å². The van der Waals surface area contributed by atoms with Gasteiger partial charge in [0.05, 0.1) is 5.02 Å². The molecule has 0 aliphatic heterocycles. The monoisotopic (exact) mass is 222 g/mol. The van der Waals surface area contributed by atoms with Gasteiger partial charge < -0.3 is 5.73 Å². The summed E-state index contributed by atoms with van der Waals surface area (Å²) in [6.07, 6.45) is 3.08. The van der Waals surface area contributed by atoms with Crippen molar-refractivity contribution in [3.8, 4) is 11.1 Å². The van der Waals surface area contributed by atoms with E-state index in [4.69, 9.17) is 17.3 Å². The first-order chi connectivity index (χ1) is 7.18. The molecule has 2 aromatic rings. The highest BCUT2D eigenvalue weighted by molar-refractivity contribution is 6.33. The molecule has 1 aromatic heterocycles. The van der Waals surface area contributed by atoms with Gasteiger partial charge in [0.1, 0.15) is 5.82 Å². The average Bonchev–Trinajstić information content (AvgIpc) is 2.20. The van der Waals surface area contributed by atoms with Crippen LogP contribution in [-0.4, -0.2) is 4.98 Å². The lowest BCUT2D eigenvalue weighted by molar-refractivity contribution is 0.632. The minimum Gasteiger partial charge on any atom is -0.399 e. The van der Waals surface area contributed by atoms with Gasteiger partial charge in [0.25, 0.3) is 0 Å². The summed E-state index contributed by atoms with van der Waals surface area (Å²) in [7, 11) is 0. The van der Waals surface area contributed by atoms with E-state index in [2.05, 4.69) is 4.98 Å². The SMILES string of the molecule is Nc1ccc(-c2cnccc2Cl)c(F)c1. The van der Waals surface area contributed by atoms with Crippen LogP contribution in [0.3, 0.4) is 0 Å². The molecular formula is C11H8ClFN2. The lowest BCUT2D eigenvalue weighted by atomic mass is 10.1. The van der Waals surface area contributed by atoms with Gasteiger partial charge in [-0.1, -0.05) is 11.6 Å². The average molecular weight is 223 g/mol. The summed E-state index contributed by atoms with van der Waals surface area (Å²) in [5, 5.41) is 0.466. The predicted molar refractivity (Wildman–Crippen MR) is 59.1 cm³/mol. The van der Waals surface area contributed by atoms with E-state index in [1.165, 1.54) is 12.3 Å². The molecule has 0 aliphatic carbocycles. The molecule has 0 amide bonds. The van der Waals surface area contributed by atoms with Gasteiger partial charge in [0, 0.05) is 29.2 Å². The fourth-order valence-electron chi connectivity index (χ4n) is 1.33. The van der Waals surface area contributed by atoms with Crippen molar-refractivity contribution < 1.29 is 4.39 Å². The van der Waals surface area contributed by atoms with Crippen molar-refractivity contribution in [3.63, 3.8) is 0 Å². The van der Waals surface area contributed by atoms with Gasteiger partial charge in [-0.05, 0) is 24.3 Å². The summed E-state index contributed by atoms with van der Waals surface area (Å²) in [6.45, 7) is 0. The van der Waals surface area contributed by atoms with Crippen LogP contribution in [0.2, 0.25) is 5.02 Å². The first-order valence-electron chi connectivity index (χ1n) is 4.33. The van der Waals surface area contributed by atoms with Gasteiger partial charge in [0.15, 0.2) is 0 Å². The number of nitrogens with zero attached hydrogens (tertiary/aromatic N) is 1. The predicted octanol–water partition coefficient (Wildman–Crippen LogP) is 3.12. The van der Waals surface area contributed by atoms with Crippen molar-refractivity contribution in [1.82, 2.24) is 4.98 Å². The zero-order valence-corrected chi connectivity index (χ0v) is 8.50. The molecule has 1 aromatic carbocycles. The van der Waals surface area contributed by atoms with Crippen LogP contribution in [0.25, 0.3) is 11.1 Å². The number of hydrogen-bond acceptors (Lipinski definition) is 2. The highest BCUT2D eigenvalue weighted by Gasteiger charge is 2.08. The summed E-state index contributed by atoms with van der Waals surface area (Å²) in [6, 6.07) is 6.10. The van der Waals surface area contributed by atoms with E-state index < -0.39 is 5.82 Å².